The van der Waals surface area contributed by atoms with Gasteiger partial charge < -0.3 is 20.1 Å². The molecule has 0 bridgehead atoms. The molecule has 26 heavy (non-hydrogen) atoms. The summed E-state index contributed by atoms with van der Waals surface area (Å²) in [6, 6.07) is 13.3. The highest BCUT2D eigenvalue weighted by Crippen LogP contribution is 2.23. The highest BCUT2D eigenvalue weighted by atomic mass is 19.4. The van der Waals surface area contributed by atoms with Crippen molar-refractivity contribution in [3.8, 4) is 11.5 Å². The lowest BCUT2D eigenvalue weighted by molar-refractivity contribution is -0.274. The second-order valence-corrected chi connectivity index (χ2v) is 5.00. The Balaban J connectivity index is 1.72. The standard InChI is InChI=1S/C17H15F3N2O4/c18-17(19,20)26-14-8-6-12(7-9-14)22-15(23)10-21-16(24)11-25-13-4-2-1-3-5-13/h1-9H,10-11H2,(H,21,24)(H,22,23). The van der Waals surface area contributed by atoms with Crippen molar-refractivity contribution in [3.63, 3.8) is 0 Å². The van der Waals surface area contributed by atoms with E-state index in [4.69, 9.17) is 4.74 Å². The molecule has 2 aromatic rings. The molecule has 138 valence electrons. The third-order valence-corrected chi connectivity index (χ3v) is 2.93. The van der Waals surface area contributed by atoms with Crippen LogP contribution < -0.4 is 20.1 Å². The number of para-hydroxylation sites is 1. The summed E-state index contributed by atoms with van der Waals surface area (Å²) in [6.45, 7) is -0.557. The molecule has 2 N–H and O–H groups in total. The molecule has 0 spiro atoms. The maximum atomic E-state index is 12.1. The van der Waals surface area contributed by atoms with Crippen LogP contribution in [0.25, 0.3) is 0 Å². The summed E-state index contributed by atoms with van der Waals surface area (Å²) >= 11 is 0. The number of hydrogen-bond acceptors (Lipinski definition) is 4. The van der Waals surface area contributed by atoms with Crippen molar-refractivity contribution in [1.82, 2.24) is 5.32 Å². The minimum atomic E-state index is -4.78. The molecule has 0 aliphatic heterocycles. The largest absolute Gasteiger partial charge is 0.573 e. The molecule has 9 heteroatoms. The molecule has 0 atom stereocenters. The Morgan fingerprint density at radius 1 is 0.885 bits per heavy atom. The fourth-order valence-electron chi connectivity index (χ4n) is 1.84. The molecule has 0 radical (unpaired) electrons. The smallest absolute Gasteiger partial charge is 0.484 e. The second kappa shape index (κ2) is 8.75. The first-order valence-corrected chi connectivity index (χ1v) is 7.42. The van der Waals surface area contributed by atoms with Gasteiger partial charge in [-0.3, -0.25) is 9.59 Å². The van der Waals surface area contributed by atoms with Gasteiger partial charge in [-0.25, -0.2) is 0 Å². The van der Waals surface area contributed by atoms with Gasteiger partial charge in [0.05, 0.1) is 6.54 Å². The summed E-state index contributed by atoms with van der Waals surface area (Å²) in [6.07, 6.45) is -4.78. The number of alkyl halides is 3. The van der Waals surface area contributed by atoms with Crippen LogP contribution in [-0.2, 0) is 9.59 Å². The zero-order valence-corrected chi connectivity index (χ0v) is 13.4. The lowest BCUT2D eigenvalue weighted by atomic mass is 10.3. The third kappa shape index (κ3) is 7.12. The van der Waals surface area contributed by atoms with E-state index in [1.54, 1.807) is 30.3 Å². The van der Waals surface area contributed by atoms with Crippen molar-refractivity contribution in [2.45, 2.75) is 6.36 Å². The Hall–Kier alpha value is -3.23. The van der Waals surface area contributed by atoms with Crippen molar-refractivity contribution in [2.75, 3.05) is 18.5 Å². The highest BCUT2D eigenvalue weighted by Gasteiger charge is 2.30. The summed E-state index contributed by atoms with van der Waals surface area (Å²) in [7, 11) is 0. The third-order valence-electron chi connectivity index (χ3n) is 2.93. The normalized spacial score (nSPS) is 10.7. The predicted octanol–water partition coefficient (Wildman–Crippen LogP) is 2.72. The van der Waals surface area contributed by atoms with Crippen LogP contribution in [0, 0.1) is 0 Å². The van der Waals surface area contributed by atoms with Crippen LogP contribution in [-0.4, -0.2) is 31.3 Å². The molecule has 6 nitrogen and oxygen atoms in total. The van der Waals surface area contributed by atoms with Gasteiger partial charge in [-0.05, 0) is 36.4 Å². The lowest BCUT2D eigenvalue weighted by Gasteiger charge is -2.10. The molecule has 0 heterocycles. The molecular weight excluding hydrogens is 353 g/mol. The SMILES string of the molecule is O=C(COc1ccccc1)NCC(=O)Nc1ccc(OC(F)(F)F)cc1. The van der Waals surface area contributed by atoms with Gasteiger partial charge in [0.1, 0.15) is 11.5 Å². The van der Waals surface area contributed by atoms with Crippen LogP contribution >= 0.6 is 0 Å². The van der Waals surface area contributed by atoms with Crippen molar-refractivity contribution < 1.29 is 32.2 Å². The van der Waals surface area contributed by atoms with Crippen molar-refractivity contribution in [2.24, 2.45) is 0 Å². The number of anilines is 1. The van der Waals surface area contributed by atoms with Gasteiger partial charge in [-0.1, -0.05) is 18.2 Å². The number of carbonyl (C=O) groups is 2. The average Bonchev–Trinajstić information content (AvgIpc) is 2.59. The molecule has 0 unspecified atom stereocenters. The minimum absolute atomic E-state index is 0.249. The Labute approximate surface area is 146 Å². The fourth-order valence-corrected chi connectivity index (χ4v) is 1.84. The maximum Gasteiger partial charge on any atom is 0.573 e. The van der Waals surface area contributed by atoms with Crippen molar-refractivity contribution in [3.05, 3.63) is 54.6 Å². The van der Waals surface area contributed by atoms with E-state index in [1.165, 1.54) is 12.1 Å². The van der Waals surface area contributed by atoms with Crippen LogP contribution in [0.15, 0.2) is 54.6 Å². The molecule has 2 amide bonds. The number of amides is 2. The quantitative estimate of drug-likeness (QED) is 0.788. The van der Waals surface area contributed by atoms with Crippen LogP contribution in [0.2, 0.25) is 0 Å². The molecule has 2 rings (SSSR count). The monoisotopic (exact) mass is 368 g/mol. The van der Waals surface area contributed by atoms with Gasteiger partial charge in [-0.2, -0.15) is 0 Å². The molecule has 0 aliphatic rings. The van der Waals surface area contributed by atoms with E-state index in [2.05, 4.69) is 15.4 Å². The number of hydrogen-bond donors (Lipinski definition) is 2. The van der Waals surface area contributed by atoms with Crippen LogP contribution in [0.3, 0.4) is 0 Å². The molecule has 0 aromatic heterocycles. The van der Waals surface area contributed by atoms with Crippen LogP contribution in [0.1, 0.15) is 0 Å². The zero-order chi connectivity index (χ0) is 19.0. The van der Waals surface area contributed by atoms with E-state index in [9.17, 15) is 22.8 Å². The topological polar surface area (TPSA) is 76.7 Å². The molecule has 0 saturated heterocycles. The summed E-state index contributed by atoms with van der Waals surface area (Å²) in [5.74, 6) is -0.907. The molecule has 0 aliphatic carbocycles. The maximum absolute atomic E-state index is 12.1. The Morgan fingerprint density at radius 3 is 2.15 bits per heavy atom. The molecular formula is C17H15F3N2O4. The first-order valence-electron chi connectivity index (χ1n) is 7.42. The molecule has 2 aromatic carbocycles. The second-order valence-electron chi connectivity index (χ2n) is 5.00. The van der Waals surface area contributed by atoms with E-state index in [0.717, 1.165) is 12.1 Å². The van der Waals surface area contributed by atoms with Gasteiger partial charge in [0, 0.05) is 5.69 Å². The number of nitrogens with one attached hydrogen (secondary N) is 2. The van der Waals surface area contributed by atoms with Crippen LogP contribution in [0.5, 0.6) is 11.5 Å². The van der Waals surface area contributed by atoms with Gasteiger partial charge in [0.15, 0.2) is 6.61 Å². The van der Waals surface area contributed by atoms with Gasteiger partial charge in [0.25, 0.3) is 5.91 Å². The van der Waals surface area contributed by atoms with Gasteiger partial charge in [-0.15, -0.1) is 13.2 Å². The van der Waals surface area contributed by atoms with E-state index in [1.807, 2.05) is 0 Å². The average molecular weight is 368 g/mol. The minimum Gasteiger partial charge on any atom is -0.484 e. The summed E-state index contributed by atoms with van der Waals surface area (Å²) in [4.78, 5) is 23.3. The molecule has 0 fully saturated rings. The highest BCUT2D eigenvalue weighted by molar-refractivity contribution is 5.94. The number of ether oxygens (including phenoxy) is 2. The van der Waals surface area contributed by atoms with E-state index in [-0.39, 0.29) is 18.8 Å². The zero-order valence-electron chi connectivity index (χ0n) is 13.4. The predicted molar refractivity (Wildman–Crippen MR) is 86.7 cm³/mol. The van der Waals surface area contributed by atoms with Gasteiger partial charge in [0.2, 0.25) is 5.91 Å². The van der Waals surface area contributed by atoms with Crippen molar-refractivity contribution in [1.29, 1.82) is 0 Å². The number of rotatable bonds is 7. The van der Waals surface area contributed by atoms with E-state index in [0.29, 0.717) is 5.75 Å². The number of carbonyl (C=O) groups excluding carboxylic acids is 2. The summed E-state index contributed by atoms with van der Waals surface area (Å²) < 4.78 is 45.1. The fraction of sp³-hybridized carbons (Fsp3) is 0.176. The Bertz CT molecular complexity index is 734. The van der Waals surface area contributed by atoms with E-state index >= 15 is 0 Å². The summed E-state index contributed by atoms with van der Waals surface area (Å²) in [5.41, 5.74) is 0.263. The number of halogens is 3. The Kier molecular flexibility index (Phi) is 6.42. The van der Waals surface area contributed by atoms with Crippen molar-refractivity contribution >= 4 is 17.5 Å². The van der Waals surface area contributed by atoms with Crippen LogP contribution in [0.4, 0.5) is 18.9 Å². The lowest BCUT2D eigenvalue weighted by Crippen LogP contribution is -2.35. The van der Waals surface area contributed by atoms with Gasteiger partial charge >= 0.3 is 6.36 Å². The van der Waals surface area contributed by atoms with E-state index < -0.39 is 23.9 Å². The number of benzene rings is 2. The summed E-state index contributed by atoms with van der Waals surface area (Å²) in [5, 5.41) is 4.80. The first kappa shape index (κ1) is 19.1. The Morgan fingerprint density at radius 2 is 1.54 bits per heavy atom. The first-order chi connectivity index (χ1) is 12.3. The molecule has 0 saturated carbocycles.